The number of hydrogen-bond acceptors (Lipinski definition) is 6. The number of carbonyl (C=O) groups is 1. The zero-order valence-electron chi connectivity index (χ0n) is 22.7. The standard InChI is InChI=1S/C32H23F3N4O4/c1-18-5-6-21(23(33)11-18)17-43-29-4-2-3-26(37-29)20-8-7-19(24(34)12-20)15-28-38-31-25(35)13-22(32(40)41)14-27(31)39(28)16-30-36-9-10-42-30/h2-14H,15-17H2,1H3,(H,40,41). The second kappa shape index (κ2) is 11.4. The molecule has 8 nitrogen and oxygen atoms in total. The minimum absolute atomic E-state index is 0.0149. The number of hydrogen-bond donors (Lipinski definition) is 1. The van der Waals surface area contributed by atoms with Crippen molar-refractivity contribution in [2.24, 2.45) is 0 Å². The average molecular weight is 585 g/mol. The Morgan fingerprint density at radius 2 is 1.77 bits per heavy atom. The molecule has 0 aliphatic carbocycles. The predicted octanol–water partition coefficient (Wildman–Crippen LogP) is 6.73. The summed E-state index contributed by atoms with van der Waals surface area (Å²) >= 11 is 0. The van der Waals surface area contributed by atoms with Gasteiger partial charge in [-0.25, -0.2) is 32.9 Å². The number of fused-ring (bicyclic) bond motifs is 1. The highest BCUT2D eigenvalue weighted by atomic mass is 19.1. The lowest BCUT2D eigenvalue weighted by Crippen LogP contribution is -2.08. The topological polar surface area (TPSA) is 103 Å². The van der Waals surface area contributed by atoms with Crippen LogP contribution in [0.25, 0.3) is 22.3 Å². The van der Waals surface area contributed by atoms with Crippen LogP contribution in [0, 0.1) is 24.4 Å². The Labute approximate surface area is 243 Å². The molecule has 6 rings (SSSR count). The maximum Gasteiger partial charge on any atom is 0.335 e. The number of aromatic nitrogens is 4. The number of carboxylic acid groups (broad SMARTS) is 1. The Hall–Kier alpha value is -5.45. The molecule has 216 valence electrons. The second-order valence-corrected chi connectivity index (χ2v) is 9.90. The quantitative estimate of drug-likeness (QED) is 0.201. The summed E-state index contributed by atoms with van der Waals surface area (Å²) in [5.41, 5.74) is 2.33. The van der Waals surface area contributed by atoms with Crippen molar-refractivity contribution in [1.29, 1.82) is 0 Å². The van der Waals surface area contributed by atoms with Crippen molar-refractivity contribution in [2.45, 2.75) is 26.5 Å². The van der Waals surface area contributed by atoms with Gasteiger partial charge in [-0.3, -0.25) is 0 Å². The van der Waals surface area contributed by atoms with Crippen LogP contribution in [0.3, 0.4) is 0 Å². The zero-order valence-corrected chi connectivity index (χ0v) is 22.7. The minimum atomic E-state index is -1.29. The van der Waals surface area contributed by atoms with Gasteiger partial charge < -0.3 is 18.8 Å². The summed E-state index contributed by atoms with van der Waals surface area (Å²) in [6.45, 7) is 1.82. The van der Waals surface area contributed by atoms with Crippen molar-refractivity contribution in [3.05, 3.63) is 131 Å². The second-order valence-electron chi connectivity index (χ2n) is 9.90. The molecule has 0 saturated carbocycles. The smallest absolute Gasteiger partial charge is 0.335 e. The molecule has 0 bridgehead atoms. The van der Waals surface area contributed by atoms with Crippen LogP contribution >= 0.6 is 0 Å². The van der Waals surface area contributed by atoms with Gasteiger partial charge >= 0.3 is 5.97 Å². The van der Waals surface area contributed by atoms with Crippen molar-refractivity contribution in [3.63, 3.8) is 0 Å². The van der Waals surface area contributed by atoms with E-state index in [-0.39, 0.29) is 65.1 Å². The van der Waals surface area contributed by atoms with Crippen LogP contribution in [0.15, 0.2) is 83.6 Å². The molecular weight excluding hydrogens is 561 g/mol. The van der Waals surface area contributed by atoms with Gasteiger partial charge in [0.1, 0.15) is 42.4 Å². The highest BCUT2D eigenvalue weighted by Crippen LogP contribution is 2.27. The fourth-order valence-corrected chi connectivity index (χ4v) is 4.73. The molecule has 3 aromatic carbocycles. The van der Waals surface area contributed by atoms with Gasteiger partial charge in [0.2, 0.25) is 11.8 Å². The molecule has 0 amide bonds. The van der Waals surface area contributed by atoms with Gasteiger partial charge in [0.05, 0.1) is 23.0 Å². The maximum atomic E-state index is 15.5. The molecule has 11 heteroatoms. The van der Waals surface area contributed by atoms with Crippen LogP contribution in [-0.2, 0) is 19.6 Å². The Bertz CT molecular complexity index is 1970. The van der Waals surface area contributed by atoms with E-state index in [0.717, 1.165) is 11.6 Å². The minimum Gasteiger partial charge on any atom is -0.478 e. The maximum absolute atomic E-state index is 15.5. The molecule has 43 heavy (non-hydrogen) atoms. The summed E-state index contributed by atoms with van der Waals surface area (Å²) in [5, 5.41) is 9.43. The van der Waals surface area contributed by atoms with Crippen LogP contribution in [0.2, 0.25) is 0 Å². The molecule has 0 radical (unpaired) electrons. The first kappa shape index (κ1) is 27.7. The third kappa shape index (κ3) is 5.82. The molecule has 3 aromatic heterocycles. The number of carboxylic acids is 1. The van der Waals surface area contributed by atoms with E-state index in [1.165, 1.54) is 30.7 Å². The van der Waals surface area contributed by atoms with Crippen molar-refractivity contribution in [1.82, 2.24) is 19.5 Å². The van der Waals surface area contributed by atoms with Gasteiger partial charge in [0.15, 0.2) is 5.82 Å². The first-order valence-corrected chi connectivity index (χ1v) is 13.2. The van der Waals surface area contributed by atoms with Gasteiger partial charge in [-0.15, -0.1) is 0 Å². The van der Waals surface area contributed by atoms with Crippen LogP contribution < -0.4 is 4.74 Å². The highest BCUT2D eigenvalue weighted by Gasteiger charge is 2.20. The van der Waals surface area contributed by atoms with Crippen molar-refractivity contribution in [3.8, 4) is 17.1 Å². The average Bonchev–Trinajstić information content (AvgIpc) is 3.62. The number of aryl methyl sites for hydroxylation is 1. The monoisotopic (exact) mass is 584 g/mol. The van der Waals surface area contributed by atoms with Gasteiger partial charge in [-0.2, -0.15) is 0 Å². The van der Waals surface area contributed by atoms with E-state index in [1.807, 2.05) is 0 Å². The third-order valence-electron chi connectivity index (χ3n) is 6.92. The molecule has 0 aliphatic rings. The lowest BCUT2D eigenvalue weighted by Gasteiger charge is -2.11. The number of nitrogens with zero attached hydrogens (tertiary/aromatic N) is 4. The molecule has 3 heterocycles. The number of benzene rings is 3. The molecule has 6 aromatic rings. The lowest BCUT2D eigenvalue weighted by atomic mass is 10.1. The summed E-state index contributed by atoms with van der Waals surface area (Å²) in [4.78, 5) is 24.5. The van der Waals surface area contributed by atoms with E-state index in [9.17, 15) is 18.7 Å². The third-order valence-corrected chi connectivity index (χ3v) is 6.92. The number of halogens is 3. The molecule has 0 saturated heterocycles. The number of pyridine rings is 1. The number of imidazole rings is 1. The summed E-state index contributed by atoms with van der Waals surface area (Å²) in [6, 6.07) is 16.7. The molecule has 0 atom stereocenters. The van der Waals surface area contributed by atoms with E-state index >= 15 is 4.39 Å². The summed E-state index contributed by atoms with van der Waals surface area (Å²) in [5.74, 6) is -2.19. The zero-order chi connectivity index (χ0) is 30.1. The lowest BCUT2D eigenvalue weighted by molar-refractivity contribution is 0.0696. The van der Waals surface area contributed by atoms with Crippen LogP contribution in [0.1, 0.15) is 38.8 Å². The van der Waals surface area contributed by atoms with Crippen molar-refractivity contribution >= 4 is 17.0 Å². The number of aromatic carboxylic acids is 1. The first-order valence-electron chi connectivity index (χ1n) is 13.2. The van der Waals surface area contributed by atoms with Gasteiger partial charge in [0.25, 0.3) is 0 Å². The van der Waals surface area contributed by atoms with Crippen LogP contribution in [-0.4, -0.2) is 30.6 Å². The van der Waals surface area contributed by atoms with E-state index in [0.29, 0.717) is 16.8 Å². The van der Waals surface area contributed by atoms with E-state index < -0.39 is 17.6 Å². The van der Waals surface area contributed by atoms with Gasteiger partial charge in [-0.1, -0.05) is 30.3 Å². The Morgan fingerprint density at radius 3 is 2.51 bits per heavy atom. The summed E-state index contributed by atoms with van der Waals surface area (Å²) in [7, 11) is 0. The largest absolute Gasteiger partial charge is 0.478 e. The van der Waals surface area contributed by atoms with E-state index in [2.05, 4.69) is 15.0 Å². The number of oxazole rings is 1. The number of rotatable bonds is 9. The normalized spacial score (nSPS) is 11.3. The van der Waals surface area contributed by atoms with Crippen molar-refractivity contribution in [2.75, 3.05) is 0 Å². The fourth-order valence-electron chi connectivity index (χ4n) is 4.73. The molecule has 0 spiro atoms. The van der Waals surface area contributed by atoms with Crippen LogP contribution in [0.4, 0.5) is 13.2 Å². The fraction of sp³-hybridized carbons (Fsp3) is 0.125. The molecule has 1 N–H and O–H groups in total. The Morgan fingerprint density at radius 1 is 0.953 bits per heavy atom. The van der Waals surface area contributed by atoms with Gasteiger partial charge in [0, 0.05) is 23.6 Å². The Kier molecular flexibility index (Phi) is 7.37. The summed E-state index contributed by atoms with van der Waals surface area (Å²) < 4.78 is 57.1. The van der Waals surface area contributed by atoms with Crippen molar-refractivity contribution < 1.29 is 32.2 Å². The molecular formula is C32H23F3N4O4. The van der Waals surface area contributed by atoms with E-state index in [1.54, 1.807) is 54.0 Å². The predicted molar refractivity (Wildman–Crippen MR) is 150 cm³/mol. The SMILES string of the molecule is Cc1ccc(COc2cccc(-c3ccc(Cc4nc5c(F)cc(C(=O)O)cc5n4Cc4ncco4)c(F)c3)n2)c(F)c1. The summed E-state index contributed by atoms with van der Waals surface area (Å²) in [6.07, 6.45) is 2.80. The molecule has 0 fully saturated rings. The Balaban J connectivity index is 1.28. The highest BCUT2D eigenvalue weighted by molar-refractivity contribution is 5.92. The van der Waals surface area contributed by atoms with Crippen LogP contribution in [0.5, 0.6) is 5.88 Å². The number of ether oxygens (including phenoxy) is 1. The first-order chi connectivity index (χ1) is 20.7. The van der Waals surface area contributed by atoms with E-state index in [4.69, 9.17) is 9.15 Å². The molecule has 0 unspecified atom stereocenters. The van der Waals surface area contributed by atoms with Gasteiger partial charge in [-0.05, 0) is 48.4 Å². The molecule has 0 aliphatic heterocycles.